The normalized spacial score (nSPS) is 20.9. The number of amides is 1. The van der Waals surface area contributed by atoms with E-state index in [1.807, 2.05) is 0 Å². The first-order valence-electron chi connectivity index (χ1n) is 7.75. The molecule has 1 aromatic heterocycles. The first-order valence-corrected chi connectivity index (χ1v) is 8.13. The van der Waals surface area contributed by atoms with Gasteiger partial charge in [0.25, 0.3) is 11.9 Å². The van der Waals surface area contributed by atoms with Crippen molar-refractivity contribution in [1.29, 1.82) is 0 Å². The molecule has 0 unspecified atom stereocenters. The van der Waals surface area contributed by atoms with Crippen LogP contribution in [0.4, 0.5) is 18.9 Å². The minimum absolute atomic E-state index is 0.0288. The summed E-state index contributed by atoms with van der Waals surface area (Å²) in [5.74, 6) is -6.40. The van der Waals surface area contributed by atoms with Crippen molar-refractivity contribution in [3.63, 3.8) is 0 Å². The molecule has 1 amide bonds. The Kier molecular flexibility index (Phi) is 4.76. The van der Waals surface area contributed by atoms with E-state index in [0.717, 1.165) is 19.1 Å². The van der Waals surface area contributed by atoms with Crippen molar-refractivity contribution in [1.82, 2.24) is 10.2 Å². The maximum absolute atomic E-state index is 14.7. The summed E-state index contributed by atoms with van der Waals surface area (Å²) in [6, 6.07) is 5.24. The topological polar surface area (TPSA) is 102 Å². The van der Waals surface area contributed by atoms with Gasteiger partial charge < -0.3 is 15.8 Å². The largest absolute Gasteiger partial charge is 0.425 e. The highest BCUT2D eigenvalue weighted by molar-refractivity contribution is 6.29. The van der Waals surface area contributed by atoms with Crippen LogP contribution in [0, 0.1) is 5.82 Å². The van der Waals surface area contributed by atoms with E-state index in [4.69, 9.17) is 17.3 Å². The molecule has 2 aromatic rings. The van der Waals surface area contributed by atoms with E-state index < -0.39 is 40.5 Å². The molecule has 3 rings (SSSR count). The van der Waals surface area contributed by atoms with E-state index in [-0.39, 0.29) is 16.5 Å². The molecule has 11 heteroatoms. The van der Waals surface area contributed by atoms with Gasteiger partial charge in [0.2, 0.25) is 0 Å². The van der Waals surface area contributed by atoms with Crippen LogP contribution in [0.2, 0.25) is 5.15 Å². The molecule has 0 saturated carbocycles. The third-order valence-electron chi connectivity index (χ3n) is 4.14. The predicted octanol–water partition coefficient (Wildman–Crippen LogP) is 3.23. The van der Waals surface area contributed by atoms with Crippen molar-refractivity contribution in [3.05, 3.63) is 64.9 Å². The zero-order chi connectivity index (χ0) is 20.7. The van der Waals surface area contributed by atoms with Gasteiger partial charge in [-0.15, -0.1) is 10.2 Å². The Labute approximate surface area is 162 Å². The molecule has 1 atom stereocenters. The zero-order valence-electron chi connectivity index (χ0n) is 14.3. The molecule has 146 valence electrons. The summed E-state index contributed by atoms with van der Waals surface area (Å²) in [6.07, 6.45) is 0. The van der Waals surface area contributed by atoms with Gasteiger partial charge in [-0.1, -0.05) is 18.2 Å². The summed E-state index contributed by atoms with van der Waals surface area (Å²) in [7, 11) is 0. The van der Waals surface area contributed by atoms with E-state index in [1.54, 1.807) is 0 Å². The Morgan fingerprint density at radius 2 is 2.00 bits per heavy atom. The minimum Gasteiger partial charge on any atom is -0.425 e. The monoisotopic (exact) mass is 411 g/mol. The molecule has 1 aromatic carbocycles. The number of hydrogen-bond acceptors (Lipinski definition) is 6. The SMILES string of the molecule is C=C1OC(N)=N[C@](C)(c2cc(NC(=O)c3ccc(Cl)nn3)ccc2F)C1(F)F. The van der Waals surface area contributed by atoms with Gasteiger partial charge in [-0.3, -0.25) is 4.79 Å². The van der Waals surface area contributed by atoms with Gasteiger partial charge in [0.05, 0.1) is 0 Å². The number of nitrogens with zero attached hydrogens (tertiary/aromatic N) is 3. The molecule has 28 heavy (non-hydrogen) atoms. The first kappa shape index (κ1) is 19.6. The van der Waals surface area contributed by atoms with Crippen LogP contribution in [0.1, 0.15) is 23.0 Å². The molecular formula is C17H13ClF3N5O2. The molecule has 0 aliphatic carbocycles. The minimum atomic E-state index is -3.76. The third kappa shape index (κ3) is 3.26. The fourth-order valence-corrected chi connectivity index (χ4v) is 2.71. The van der Waals surface area contributed by atoms with Crippen LogP contribution in [0.25, 0.3) is 0 Å². The van der Waals surface area contributed by atoms with Crippen LogP contribution in [0.3, 0.4) is 0 Å². The number of hydrogen-bond donors (Lipinski definition) is 2. The molecule has 3 N–H and O–H groups in total. The Balaban J connectivity index is 2.00. The Morgan fingerprint density at radius 1 is 1.29 bits per heavy atom. The number of ether oxygens (including phenoxy) is 1. The van der Waals surface area contributed by atoms with Gasteiger partial charge in [-0.05, 0) is 37.3 Å². The maximum atomic E-state index is 14.7. The average molecular weight is 412 g/mol. The average Bonchev–Trinajstić information content (AvgIpc) is 2.62. The highest BCUT2D eigenvalue weighted by Gasteiger charge is 2.59. The Bertz CT molecular complexity index is 997. The number of aliphatic imine (C=N–C) groups is 1. The van der Waals surface area contributed by atoms with E-state index >= 15 is 0 Å². The first-order chi connectivity index (χ1) is 13.0. The van der Waals surface area contributed by atoms with E-state index in [2.05, 4.69) is 31.8 Å². The number of nitrogens with two attached hydrogens (primary N) is 1. The van der Waals surface area contributed by atoms with E-state index in [9.17, 15) is 18.0 Å². The number of amidine groups is 1. The lowest BCUT2D eigenvalue weighted by molar-refractivity contribution is -0.0746. The lowest BCUT2D eigenvalue weighted by Gasteiger charge is -2.38. The number of halogens is 4. The molecule has 0 spiro atoms. The number of nitrogens with one attached hydrogen (secondary N) is 1. The van der Waals surface area contributed by atoms with Crippen molar-refractivity contribution in [2.45, 2.75) is 18.4 Å². The van der Waals surface area contributed by atoms with Gasteiger partial charge in [0.15, 0.2) is 22.1 Å². The lowest BCUT2D eigenvalue weighted by atomic mass is 9.84. The van der Waals surface area contributed by atoms with E-state index in [1.165, 1.54) is 18.2 Å². The fraction of sp³-hybridized carbons (Fsp3) is 0.176. The molecule has 0 fully saturated rings. The van der Waals surface area contributed by atoms with Crippen molar-refractivity contribution >= 4 is 29.2 Å². The van der Waals surface area contributed by atoms with Crippen LogP contribution in [0.15, 0.2) is 47.7 Å². The van der Waals surface area contributed by atoms with Crippen molar-refractivity contribution in [2.24, 2.45) is 10.7 Å². The Hall–Kier alpha value is -3.14. The third-order valence-corrected chi connectivity index (χ3v) is 4.34. The van der Waals surface area contributed by atoms with Crippen molar-refractivity contribution in [2.75, 3.05) is 5.32 Å². The lowest BCUT2D eigenvalue weighted by Crippen LogP contribution is -2.49. The summed E-state index contributed by atoms with van der Waals surface area (Å²) in [5.41, 5.74) is 2.44. The van der Waals surface area contributed by atoms with E-state index in [0.29, 0.717) is 0 Å². The maximum Gasteiger partial charge on any atom is 0.332 e. The highest BCUT2D eigenvalue weighted by Crippen LogP contribution is 2.48. The number of aromatic nitrogens is 2. The standard InChI is InChI=1S/C17H13ClF3N5O2/c1-8-17(20,21)16(2,24-15(22)28-8)10-7-9(3-4-11(10)19)23-14(27)12-5-6-13(18)26-25-12/h3-7H,1H2,2H3,(H2,22,24)(H,23,27)/t16-/m1/s1. The van der Waals surface area contributed by atoms with Gasteiger partial charge in [0.1, 0.15) is 5.82 Å². The van der Waals surface area contributed by atoms with Gasteiger partial charge >= 0.3 is 5.92 Å². The number of anilines is 1. The number of carbonyl (C=O) groups excluding carboxylic acids is 1. The summed E-state index contributed by atoms with van der Waals surface area (Å²) in [4.78, 5) is 15.8. The second-order valence-electron chi connectivity index (χ2n) is 6.01. The highest BCUT2D eigenvalue weighted by atomic mass is 35.5. The Morgan fingerprint density at radius 3 is 2.64 bits per heavy atom. The van der Waals surface area contributed by atoms with Crippen LogP contribution in [-0.4, -0.2) is 28.0 Å². The summed E-state index contributed by atoms with van der Waals surface area (Å²) >= 11 is 5.61. The molecule has 1 aliphatic rings. The molecule has 0 radical (unpaired) electrons. The number of rotatable bonds is 3. The molecule has 1 aliphatic heterocycles. The predicted molar refractivity (Wildman–Crippen MR) is 95.5 cm³/mol. The van der Waals surface area contributed by atoms with Crippen molar-refractivity contribution in [3.8, 4) is 0 Å². The van der Waals surface area contributed by atoms with Gasteiger partial charge in [-0.2, -0.15) is 8.78 Å². The molecule has 2 heterocycles. The number of alkyl halides is 2. The molecule has 0 bridgehead atoms. The summed E-state index contributed by atoms with van der Waals surface area (Å²) in [6.45, 7) is 4.12. The number of carbonyl (C=O) groups is 1. The quantitative estimate of drug-likeness (QED) is 0.807. The second kappa shape index (κ2) is 6.79. The number of benzene rings is 1. The second-order valence-corrected chi connectivity index (χ2v) is 6.40. The zero-order valence-corrected chi connectivity index (χ0v) is 15.1. The molecule has 0 saturated heterocycles. The van der Waals surface area contributed by atoms with Crippen LogP contribution >= 0.6 is 11.6 Å². The van der Waals surface area contributed by atoms with Gasteiger partial charge in [0, 0.05) is 11.3 Å². The summed E-state index contributed by atoms with van der Waals surface area (Å²) < 4.78 is 48.4. The molecule has 7 nitrogen and oxygen atoms in total. The van der Waals surface area contributed by atoms with Gasteiger partial charge in [-0.25, -0.2) is 9.38 Å². The fourth-order valence-electron chi connectivity index (χ4n) is 2.61. The van der Waals surface area contributed by atoms with Crippen LogP contribution < -0.4 is 11.1 Å². The molecular weight excluding hydrogens is 399 g/mol. The smallest absolute Gasteiger partial charge is 0.332 e. The van der Waals surface area contributed by atoms with Crippen LogP contribution in [0.5, 0.6) is 0 Å². The van der Waals surface area contributed by atoms with Crippen molar-refractivity contribution < 1.29 is 22.7 Å². The summed E-state index contributed by atoms with van der Waals surface area (Å²) in [5, 5.41) is 9.65. The van der Waals surface area contributed by atoms with Crippen LogP contribution in [-0.2, 0) is 10.3 Å².